The standard InChI is InChI=1S/C13H19NO2/c1-5-16-13(15)12(14(3)4)11-8-6-10(2)7-9-11/h6-9,12H,5H2,1-4H3. The Morgan fingerprint density at radius 1 is 1.31 bits per heavy atom. The molecule has 1 atom stereocenters. The second kappa shape index (κ2) is 5.66. The van der Waals surface area contributed by atoms with Crippen molar-refractivity contribution in [1.82, 2.24) is 4.90 Å². The summed E-state index contributed by atoms with van der Waals surface area (Å²) in [6, 6.07) is 7.63. The van der Waals surface area contributed by atoms with Crippen molar-refractivity contribution in [2.24, 2.45) is 0 Å². The van der Waals surface area contributed by atoms with Gasteiger partial charge < -0.3 is 4.74 Å². The summed E-state index contributed by atoms with van der Waals surface area (Å²) in [6.45, 7) is 4.26. The monoisotopic (exact) mass is 221 g/mol. The van der Waals surface area contributed by atoms with Gasteiger partial charge in [0.25, 0.3) is 0 Å². The Bertz CT molecular complexity index is 343. The molecule has 0 N–H and O–H groups in total. The van der Waals surface area contributed by atoms with E-state index < -0.39 is 0 Å². The molecule has 0 aromatic heterocycles. The second-order valence-electron chi connectivity index (χ2n) is 4.03. The first kappa shape index (κ1) is 12.7. The van der Waals surface area contributed by atoms with Crippen LogP contribution in [0.3, 0.4) is 0 Å². The van der Waals surface area contributed by atoms with Gasteiger partial charge >= 0.3 is 5.97 Å². The molecule has 3 nitrogen and oxygen atoms in total. The summed E-state index contributed by atoms with van der Waals surface area (Å²) >= 11 is 0. The summed E-state index contributed by atoms with van der Waals surface area (Å²) in [5, 5.41) is 0. The molecule has 1 unspecified atom stereocenters. The molecule has 3 heteroatoms. The van der Waals surface area contributed by atoms with Crippen LogP contribution in [0.15, 0.2) is 24.3 Å². The lowest BCUT2D eigenvalue weighted by Crippen LogP contribution is -2.29. The highest BCUT2D eigenvalue weighted by Gasteiger charge is 2.23. The molecule has 88 valence electrons. The van der Waals surface area contributed by atoms with Crippen molar-refractivity contribution in [2.45, 2.75) is 19.9 Å². The zero-order chi connectivity index (χ0) is 12.1. The van der Waals surface area contributed by atoms with E-state index in [4.69, 9.17) is 4.74 Å². The van der Waals surface area contributed by atoms with E-state index in [1.165, 1.54) is 5.56 Å². The van der Waals surface area contributed by atoms with Crippen molar-refractivity contribution in [3.8, 4) is 0 Å². The van der Waals surface area contributed by atoms with Crippen LogP contribution < -0.4 is 0 Å². The molecular formula is C13H19NO2. The lowest BCUT2D eigenvalue weighted by Gasteiger charge is -2.22. The molecule has 1 aromatic rings. The van der Waals surface area contributed by atoms with Gasteiger partial charge in [-0.3, -0.25) is 4.90 Å². The lowest BCUT2D eigenvalue weighted by molar-refractivity contribution is -0.148. The largest absolute Gasteiger partial charge is 0.465 e. The predicted octanol–water partition coefficient (Wildman–Crippen LogP) is 2.16. The van der Waals surface area contributed by atoms with Crippen LogP contribution >= 0.6 is 0 Å². The first-order valence-electron chi connectivity index (χ1n) is 5.46. The fraction of sp³-hybridized carbons (Fsp3) is 0.462. The molecule has 0 saturated carbocycles. The molecule has 0 aliphatic heterocycles. The SMILES string of the molecule is CCOC(=O)C(c1ccc(C)cc1)N(C)C. The minimum atomic E-state index is -0.319. The third-order valence-electron chi connectivity index (χ3n) is 2.42. The van der Waals surface area contributed by atoms with Crippen molar-refractivity contribution in [3.05, 3.63) is 35.4 Å². The molecule has 0 saturated heterocycles. The van der Waals surface area contributed by atoms with Gasteiger partial charge in [-0.25, -0.2) is 4.79 Å². The lowest BCUT2D eigenvalue weighted by atomic mass is 10.0. The zero-order valence-corrected chi connectivity index (χ0v) is 10.4. The van der Waals surface area contributed by atoms with Crippen molar-refractivity contribution in [1.29, 1.82) is 0 Å². The molecule has 1 rings (SSSR count). The molecule has 0 radical (unpaired) electrons. The van der Waals surface area contributed by atoms with Gasteiger partial charge in [-0.15, -0.1) is 0 Å². The maximum Gasteiger partial charge on any atom is 0.327 e. The van der Waals surface area contributed by atoms with Crippen LogP contribution in [-0.2, 0) is 9.53 Å². The van der Waals surface area contributed by atoms with Gasteiger partial charge in [0.2, 0.25) is 0 Å². The van der Waals surface area contributed by atoms with Crippen LogP contribution in [0.2, 0.25) is 0 Å². The van der Waals surface area contributed by atoms with Gasteiger partial charge in [-0.05, 0) is 33.5 Å². The molecule has 0 spiro atoms. The van der Waals surface area contributed by atoms with Crippen molar-refractivity contribution >= 4 is 5.97 Å². The Morgan fingerprint density at radius 3 is 2.31 bits per heavy atom. The smallest absolute Gasteiger partial charge is 0.327 e. The number of ether oxygens (including phenoxy) is 1. The summed E-state index contributed by atoms with van der Waals surface area (Å²) in [5.74, 6) is -0.198. The normalized spacial score (nSPS) is 12.6. The summed E-state index contributed by atoms with van der Waals surface area (Å²) in [5.41, 5.74) is 2.15. The summed E-state index contributed by atoms with van der Waals surface area (Å²) in [7, 11) is 3.75. The number of nitrogens with zero attached hydrogens (tertiary/aromatic N) is 1. The summed E-state index contributed by atoms with van der Waals surface area (Å²) in [6.07, 6.45) is 0. The number of benzene rings is 1. The van der Waals surface area contributed by atoms with E-state index in [1.54, 1.807) is 0 Å². The first-order valence-corrected chi connectivity index (χ1v) is 5.46. The summed E-state index contributed by atoms with van der Waals surface area (Å²) < 4.78 is 5.07. The number of aryl methyl sites for hydroxylation is 1. The third-order valence-corrected chi connectivity index (χ3v) is 2.42. The number of rotatable bonds is 4. The molecule has 16 heavy (non-hydrogen) atoms. The van der Waals surface area contributed by atoms with Crippen LogP contribution in [0.4, 0.5) is 0 Å². The Kier molecular flexibility index (Phi) is 4.50. The van der Waals surface area contributed by atoms with E-state index in [1.807, 2.05) is 57.1 Å². The highest BCUT2D eigenvalue weighted by Crippen LogP contribution is 2.20. The van der Waals surface area contributed by atoms with Gasteiger partial charge in [0.1, 0.15) is 6.04 Å². The Labute approximate surface area is 97.0 Å². The third kappa shape index (κ3) is 3.07. The molecule has 0 amide bonds. The number of carbonyl (C=O) groups excluding carboxylic acids is 1. The zero-order valence-electron chi connectivity index (χ0n) is 10.4. The fourth-order valence-electron chi connectivity index (χ4n) is 1.61. The van der Waals surface area contributed by atoms with Gasteiger partial charge in [0.15, 0.2) is 0 Å². The molecule has 0 aliphatic rings. The first-order chi connectivity index (χ1) is 7.56. The Balaban J connectivity index is 2.93. The van der Waals surface area contributed by atoms with E-state index in [9.17, 15) is 4.79 Å². The Hall–Kier alpha value is -1.35. The maximum absolute atomic E-state index is 11.8. The van der Waals surface area contributed by atoms with E-state index in [0.717, 1.165) is 5.56 Å². The van der Waals surface area contributed by atoms with E-state index in [0.29, 0.717) is 6.61 Å². The molecule has 0 bridgehead atoms. The number of esters is 1. The van der Waals surface area contributed by atoms with Gasteiger partial charge in [-0.1, -0.05) is 29.8 Å². The average molecular weight is 221 g/mol. The second-order valence-corrected chi connectivity index (χ2v) is 4.03. The van der Waals surface area contributed by atoms with Crippen LogP contribution in [0.5, 0.6) is 0 Å². The van der Waals surface area contributed by atoms with Crippen LogP contribution in [0, 0.1) is 6.92 Å². The van der Waals surface area contributed by atoms with E-state index in [-0.39, 0.29) is 12.0 Å². The van der Waals surface area contributed by atoms with Crippen LogP contribution in [0.25, 0.3) is 0 Å². The van der Waals surface area contributed by atoms with E-state index in [2.05, 4.69) is 0 Å². The van der Waals surface area contributed by atoms with Crippen molar-refractivity contribution in [3.63, 3.8) is 0 Å². The van der Waals surface area contributed by atoms with Crippen molar-refractivity contribution < 1.29 is 9.53 Å². The Morgan fingerprint density at radius 2 is 1.88 bits per heavy atom. The number of hydrogen-bond donors (Lipinski definition) is 0. The number of hydrogen-bond acceptors (Lipinski definition) is 3. The highest BCUT2D eigenvalue weighted by molar-refractivity contribution is 5.77. The number of carbonyl (C=O) groups is 1. The number of likely N-dealkylation sites (N-methyl/N-ethyl adjacent to an activating group) is 1. The van der Waals surface area contributed by atoms with Crippen LogP contribution in [0.1, 0.15) is 24.1 Å². The summed E-state index contributed by atoms with van der Waals surface area (Å²) in [4.78, 5) is 13.7. The molecular weight excluding hydrogens is 202 g/mol. The molecule has 0 fully saturated rings. The topological polar surface area (TPSA) is 29.5 Å². The molecule has 0 aliphatic carbocycles. The van der Waals surface area contributed by atoms with Gasteiger partial charge in [0, 0.05) is 0 Å². The molecule has 0 heterocycles. The van der Waals surface area contributed by atoms with Crippen molar-refractivity contribution in [2.75, 3.05) is 20.7 Å². The maximum atomic E-state index is 11.8. The van der Waals surface area contributed by atoms with Gasteiger partial charge in [0.05, 0.1) is 6.61 Å². The predicted molar refractivity (Wildman–Crippen MR) is 64.2 cm³/mol. The van der Waals surface area contributed by atoms with Crippen LogP contribution in [-0.4, -0.2) is 31.6 Å². The quantitative estimate of drug-likeness (QED) is 0.730. The van der Waals surface area contributed by atoms with E-state index >= 15 is 0 Å². The molecule has 1 aromatic carbocycles. The minimum Gasteiger partial charge on any atom is -0.465 e. The van der Waals surface area contributed by atoms with Gasteiger partial charge in [-0.2, -0.15) is 0 Å². The minimum absolute atomic E-state index is 0.198. The fourth-order valence-corrected chi connectivity index (χ4v) is 1.61. The highest BCUT2D eigenvalue weighted by atomic mass is 16.5. The average Bonchev–Trinajstić information content (AvgIpc) is 2.21.